The van der Waals surface area contributed by atoms with Gasteiger partial charge in [0.05, 0.1) is 24.2 Å². The highest BCUT2D eigenvalue weighted by atomic mass is 16.5. The first kappa shape index (κ1) is 19.0. The first-order valence-corrected chi connectivity index (χ1v) is 9.62. The third kappa shape index (κ3) is 3.68. The van der Waals surface area contributed by atoms with Gasteiger partial charge < -0.3 is 13.9 Å². The number of methoxy groups -OCH3 is 1. The van der Waals surface area contributed by atoms with Crippen molar-refractivity contribution in [1.29, 1.82) is 0 Å². The van der Waals surface area contributed by atoms with Crippen molar-refractivity contribution in [3.05, 3.63) is 75.1 Å². The van der Waals surface area contributed by atoms with Gasteiger partial charge >= 0.3 is 5.97 Å². The number of benzene rings is 2. The van der Waals surface area contributed by atoms with Crippen LogP contribution in [-0.4, -0.2) is 19.2 Å². The average molecular weight is 390 g/mol. The van der Waals surface area contributed by atoms with E-state index in [4.69, 9.17) is 13.9 Å². The molecule has 0 aliphatic heterocycles. The van der Waals surface area contributed by atoms with E-state index in [1.807, 2.05) is 44.2 Å². The minimum Gasteiger partial charge on any atom is -0.491 e. The van der Waals surface area contributed by atoms with Crippen molar-refractivity contribution in [2.75, 3.05) is 7.11 Å². The van der Waals surface area contributed by atoms with Gasteiger partial charge in [-0.15, -0.1) is 0 Å². The van der Waals surface area contributed by atoms with Crippen LogP contribution in [-0.2, 0) is 11.2 Å². The molecule has 0 saturated carbocycles. The summed E-state index contributed by atoms with van der Waals surface area (Å²) in [5.41, 5.74) is 3.34. The largest absolute Gasteiger partial charge is 0.491 e. The Bertz CT molecular complexity index is 1180. The number of fused-ring (bicyclic) bond motifs is 2. The maximum atomic E-state index is 13.0. The zero-order valence-electron chi connectivity index (χ0n) is 16.7. The number of carbonyl (C=O) groups is 1. The van der Waals surface area contributed by atoms with Crippen molar-refractivity contribution in [2.24, 2.45) is 0 Å². The van der Waals surface area contributed by atoms with Crippen molar-refractivity contribution in [1.82, 2.24) is 0 Å². The Balaban J connectivity index is 1.76. The molecule has 0 bridgehead atoms. The lowest BCUT2D eigenvalue weighted by Gasteiger charge is -2.10. The molecule has 2 aromatic carbocycles. The summed E-state index contributed by atoms with van der Waals surface area (Å²) in [5, 5.41) is 0.403. The van der Waals surface area contributed by atoms with E-state index in [1.165, 1.54) is 7.11 Å². The molecular weight excluding hydrogens is 368 g/mol. The molecule has 1 aromatic heterocycles. The number of ether oxygens (including phenoxy) is 2. The number of carbonyl (C=O) groups excluding carboxylic acids is 1. The molecule has 4 rings (SSSR count). The van der Waals surface area contributed by atoms with Crippen LogP contribution in [0.5, 0.6) is 5.75 Å². The molecule has 0 radical (unpaired) electrons. The first-order valence-electron chi connectivity index (χ1n) is 9.62. The second-order valence-electron chi connectivity index (χ2n) is 7.35. The van der Waals surface area contributed by atoms with Crippen molar-refractivity contribution in [3.63, 3.8) is 0 Å². The highest BCUT2D eigenvalue weighted by Crippen LogP contribution is 2.34. The Hall–Kier alpha value is -3.34. The van der Waals surface area contributed by atoms with Gasteiger partial charge in [-0.1, -0.05) is 12.1 Å². The van der Waals surface area contributed by atoms with Gasteiger partial charge in [-0.3, -0.25) is 4.79 Å². The molecular formula is C24H22O5. The molecule has 1 aliphatic rings. The topological polar surface area (TPSA) is 65.7 Å². The fourth-order valence-electron chi connectivity index (χ4n) is 3.63. The normalized spacial score (nSPS) is 14.4. The predicted molar refractivity (Wildman–Crippen MR) is 112 cm³/mol. The molecule has 0 atom stereocenters. The summed E-state index contributed by atoms with van der Waals surface area (Å²) in [7, 11) is 1.32. The molecule has 1 aliphatic carbocycles. The van der Waals surface area contributed by atoms with Gasteiger partial charge in [-0.05, 0) is 74.2 Å². The smallest absolute Gasteiger partial charge is 0.337 e. The van der Waals surface area contributed by atoms with E-state index in [2.05, 4.69) is 0 Å². The van der Waals surface area contributed by atoms with Crippen molar-refractivity contribution < 1.29 is 18.7 Å². The molecule has 5 nitrogen and oxygen atoms in total. The van der Waals surface area contributed by atoms with Crippen LogP contribution in [0.4, 0.5) is 0 Å². The Morgan fingerprint density at radius 1 is 1.14 bits per heavy atom. The molecule has 3 aromatic rings. The van der Waals surface area contributed by atoms with Crippen LogP contribution in [0.25, 0.3) is 22.6 Å². The summed E-state index contributed by atoms with van der Waals surface area (Å²) < 4.78 is 16.6. The first-order chi connectivity index (χ1) is 14.0. The number of rotatable bonds is 4. The lowest BCUT2D eigenvalue weighted by Crippen LogP contribution is -2.10. The number of hydrogen-bond acceptors (Lipinski definition) is 5. The van der Waals surface area contributed by atoms with Gasteiger partial charge in [-0.2, -0.15) is 0 Å². The number of allylic oxidation sites excluding steroid dienone is 1. The Morgan fingerprint density at radius 2 is 1.97 bits per heavy atom. The number of hydrogen-bond donors (Lipinski definition) is 0. The molecule has 0 unspecified atom stereocenters. The van der Waals surface area contributed by atoms with Gasteiger partial charge in [0.25, 0.3) is 0 Å². The van der Waals surface area contributed by atoms with Crippen LogP contribution < -0.4 is 10.2 Å². The monoisotopic (exact) mass is 390 g/mol. The van der Waals surface area contributed by atoms with Crippen LogP contribution in [0, 0.1) is 0 Å². The molecule has 0 N–H and O–H groups in total. The van der Waals surface area contributed by atoms with Crippen molar-refractivity contribution in [3.8, 4) is 5.75 Å². The summed E-state index contributed by atoms with van der Waals surface area (Å²) in [6.07, 6.45) is 3.48. The molecule has 29 heavy (non-hydrogen) atoms. The van der Waals surface area contributed by atoms with Gasteiger partial charge in [-0.25, -0.2) is 4.79 Å². The molecule has 5 heteroatoms. The third-order valence-corrected chi connectivity index (χ3v) is 4.91. The average Bonchev–Trinajstić information content (AvgIpc) is 3.10. The number of esters is 1. The van der Waals surface area contributed by atoms with Crippen LogP contribution in [0.1, 0.15) is 47.5 Å². The van der Waals surface area contributed by atoms with E-state index < -0.39 is 5.97 Å². The van der Waals surface area contributed by atoms with Gasteiger partial charge in [0, 0.05) is 5.56 Å². The Kier molecular flexibility index (Phi) is 4.97. The summed E-state index contributed by atoms with van der Waals surface area (Å²) in [5.74, 6) is 0.960. The van der Waals surface area contributed by atoms with E-state index in [0.29, 0.717) is 34.3 Å². The Labute approximate surface area is 168 Å². The van der Waals surface area contributed by atoms with Crippen LogP contribution >= 0.6 is 0 Å². The molecule has 0 saturated heterocycles. The maximum absolute atomic E-state index is 13.0. The van der Waals surface area contributed by atoms with Gasteiger partial charge in [0.2, 0.25) is 0 Å². The minimum absolute atomic E-state index is 0.0905. The van der Waals surface area contributed by atoms with Gasteiger partial charge in [0.15, 0.2) is 5.43 Å². The Morgan fingerprint density at radius 3 is 2.72 bits per heavy atom. The third-order valence-electron chi connectivity index (χ3n) is 4.91. The quantitative estimate of drug-likeness (QED) is 0.596. The zero-order chi connectivity index (χ0) is 20.5. The van der Waals surface area contributed by atoms with E-state index in [0.717, 1.165) is 23.3 Å². The molecule has 0 fully saturated rings. The zero-order valence-corrected chi connectivity index (χ0v) is 16.7. The minimum atomic E-state index is -0.476. The SMILES string of the molecule is COC(=O)c1ccc2oc3c(c(=O)c2c1)CCC3=Cc1cccc(OC(C)C)c1. The van der Waals surface area contributed by atoms with E-state index >= 15 is 0 Å². The molecule has 148 valence electrons. The summed E-state index contributed by atoms with van der Waals surface area (Å²) in [6, 6.07) is 12.7. The van der Waals surface area contributed by atoms with Crippen LogP contribution in [0.2, 0.25) is 0 Å². The summed E-state index contributed by atoms with van der Waals surface area (Å²) in [4.78, 5) is 24.8. The summed E-state index contributed by atoms with van der Waals surface area (Å²) in [6.45, 7) is 3.98. The molecule has 1 heterocycles. The van der Waals surface area contributed by atoms with E-state index in [-0.39, 0.29) is 11.5 Å². The summed E-state index contributed by atoms with van der Waals surface area (Å²) >= 11 is 0. The van der Waals surface area contributed by atoms with E-state index in [1.54, 1.807) is 18.2 Å². The van der Waals surface area contributed by atoms with Crippen LogP contribution in [0.3, 0.4) is 0 Å². The highest BCUT2D eigenvalue weighted by molar-refractivity contribution is 5.95. The maximum Gasteiger partial charge on any atom is 0.337 e. The predicted octanol–water partition coefficient (Wildman–Crippen LogP) is 4.85. The van der Waals surface area contributed by atoms with Crippen molar-refractivity contribution in [2.45, 2.75) is 32.8 Å². The fourth-order valence-corrected chi connectivity index (χ4v) is 3.63. The second-order valence-corrected chi connectivity index (χ2v) is 7.35. The van der Waals surface area contributed by atoms with Crippen LogP contribution in [0.15, 0.2) is 51.7 Å². The standard InChI is InChI=1S/C24H22O5/c1-14(2)28-18-6-4-5-15(12-18)11-16-7-9-19-22(25)20-13-17(24(26)27-3)8-10-21(20)29-23(16)19/h4-6,8,10-14H,7,9H2,1-3H3. The lowest BCUT2D eigenvalue weighted by molar-refractivity contribution is 0.0601. The fraction of sp³-hybridized carbons (Fsp3) is 0.250. The van der Waals surface area contributed by atoms with Crippen molar-refractivity contribution >= 4 is 28.6 Å². The van der Waals surface area contributed by atoms with E-state index in [9.17, 15) is 9.59 Å². The highest BCUT2D eigenvalue weighted by Gasteiger charge is 2.24. The molecule has 0 amide bonds. The second kappa shape index (κ2) is 7.59. The lowest BCUT2D eigenvalue weighted by atomic mass is 10.1. The molecule has 0 spiro atoms. The van der Waals surface area contributed by atoms with Gasteiger partial charge in [0.1, 0.15) is 17.1 Å².